The summed E-state index contributed by atoms with van der Waals surface area (Å²) in [6.45, 7) is 2.70. The van der Waals surface area contributed by atoms with Crippen molar-refractivity contribution in [3.8, 4) is 5.69 Å². The van der Waals surface area contributed by atoms with E-state index in [4.69, 9.17) is 0 Å². The fourth-order valence-corrected chi connectivity index (χ4v) is 1.39. The van der Waals surface area contributed by atoms with Gasteiger partial charge in [-0.05, 0) is 41.1 Å². The summed E-state index contributed by atoms with van der Waals surface area (Å²) in [6.07, 6.45) is 2.43. The predicted octanol–water partition coefficient (Wildman–Crippen LogP) is 0.802. The van der Waals surface area contributed by atoms with E-state index in [1.54, 1.807) is 24.3 Å². The summed E-state index contributed by atoms with van der Waals surface area (Å²) in [5.41, 5.74) is 1.46. The van der Waals surface area contributed by atoms with Crippen molar-refractivity contribution in [2.75, 3.05) is 6.54 Å². The number of rotatable bonds is 4. The molecule has 0 fully saturated rings. The molecule has 6 heteroatoms. The molecular weight excluding hydrogens is 218 g/mol. The molecule has 6 nitrogen and oxygen atoms in total. The van der Waals surface area contributed by atoms with Gasteiger partial charge in [0.05, 0.1) is 5.69 Å². The van der Waals surface area contributed by atoms with Crippen LogP contribution in [-0.4, -0.2) is 32.7 Å². The number of hydrogen-bond acceptors (Lipinski definition) is 4. The summed E-state index contributed by atoms with van der Waals surface area (Å²) < 4.78 is 1.54. The van der Waals surface area contributed by atoms with Crippen LogP contribution in [0.5, 0.6) is 0 Å². The van der Waals surface area contributed by atoms with E-state index < -0.39 is 0 Å². The maximum atomic E-state index is 11.6. The molecule has 0 saturated heterocycles. The lowest BCUT2D eigenvalue weighted by molar-refractivity contribution is 0.0953. The van der Waals surface area contributed by atoms with Gasteiger partial charge in [-0.1, -0.05) is 6.92 Å². The number of aromatic nitrogens is 4. The first-order valence-corrected chi connectivity index (χ1v) is 5.43. The number of carbonyl (C=O) groups is 1. The van der Waals surface area contributed by atoms with E-state index in [2.05, 4.69) is 20.8 Å². The van der Waals surface area contributed by atoms with Gasteiger partial charge in [0.25, 0.3) is 5.91 Å². The molecule has 1 heterocycles. The minimum Gasteiger partial charge on any atom is -0.352 e. The lowest BCUT2D eigenvalue weighted by atomic mass is 10.2. The Bertz CT molecular complexity index is 477. The molecule has 0 radical (unpaired) electrons. The number of nitrogens with one attached hydrogen (secondary N) is 1. The zero-order valence-electron chi connectivity index (χ0n) is 9.50. The first-order valence-electron chi connectivity index (χ1n) is 5.43. The van der Waals surface area contributed by atoms with Crippen molar-refractivity contribution in [3.05, 3.63) is 36.2 Å². The molecule has 2 rings (SSSR count). The Morgan fingerprint density at radius 1 is 1.35 bits per heavy atom. The molecule has 1 aromatic heterocycles. The van der Waals surface area contributed by atoms with E-state index in [9.17, 15) is 4.79 Å². The van der Waals surface area contributed by atoms with E-state index in [-0.39, 0.29) is 5.91 Å². The summed E-state index contributed by atoms with van der Waals surface area (Å²) in [4.78, 5) is 11.6. The van der Waals surface area contributed by atoms with Crippen LogP contribution in [0, 0.1) is 0 Å². The number of nitrogens with zero attached hydrogens (tertiary/aromatic N) is 4. The topological polar surface area (TPSA) is 72.7 Å². The normalized spacial score (nSPS) is 10.2. The van der Waals surface area contributed by atoms with Crippen LogP contribution in [0.25, 0.3) is 5.69 Å². The second kappa shape index (κ2) is 5.20. The average Bonchev–Trinajstić information content (AvgIpc) is 2.90. The van der Waals surface area contributed by atoms with Crippen LogP contribution in [-0.2, 0) is 0 Å². The molecule has 0 aliphatic rings. The Morgan fingerprint density at radius 2 is 2.12 bits per heavy atom. The summed E-state index contributed by atoms with van der Waals surface area (Å²) >= 11 is 0. The molecule has 88 valence electrons. The maximum Gasteiger partial charge on any atom is 0.251 e. The molecular formula is C11H13N5O. The summed E-state index contributed by atoms with van der Waals surface area (Å²) in [7, 11) is 0. The van der Waals surface area contributed by atoms with E-state index in [0.29, 0.717) is 12.1 Å². The monoisotopic (exact) mass is 231 g/mol. The fourth-order valence-electron chi connectivity index (χ4n) is 1.39. The zero-order chi connectivity index (χ0) is 12.1. The van der Waals surface area contributed by atoms with Gasteiger partial charge in [0.15, 0.2) is 0 Å². The first-order chi connectivity index (χ1) is 8.31. The SMILES string of the molecule is CCCNC(=O)c1ccc(-n2cnnn2)cc1. The first kappa shape index (κ1) is 11.3. The summed E-state index contributed by atoms with van der Waals surface area (Å²) in [6, 6.07) is 7.11. The van der Waals surface area contributed by atoms with Gasteiger partial charge in [-0.15, -0.1) is 5.10 Å². The van der Waals surface area contributed by atoms with Gasteiger partial charge in [0.2, 0.25) is 0 Å². The molecule has 1 aromatic carbocycles. The number of hydrogen-bond donors (Lipinski definition) is 1. The van der Waals surface area contributed by atoms with Crippen LogP contribution < -0.4 is 5.32 Å². The van der Waals surface area contributed by atoms with Gasteiger partial charge in [0.1, 0.15) is 6.33 Å². The van der Waals surface area contributed by atoms with Gasteiger partial charge in [0, 0.05) is 12.1 Å². The average molecular weight is 231 g/mol. The molecule has 1 N–H and O–H groups in total. The Kier molecular flexibility index (Phi) is 3.44. The molecule has 0 aliphatic heterocycles. The summed E-state index contributed by atoms with van der Waals surface area (Å²) in [5, 5.41) is 13.7. The van der Waals surface area contributed by atoms with Crippen LogP contribution in [0.4, 0.5) is 0 Å². The van der Waals surface area contributed by atoms with Crippen molar-refractivity contribution < 1.29 is 4.79 Å². The van der Waals surface area contributed by atoms with Gasteiger partial charge < -0.3 is 5.32 Å². The fraction of sp³-hybridized carbons (Fsp3) is 0.273. The van der Waals surface area contributed by atoms with Crippen LogP contribution in [0.1, 0.15) is 23.7 Å². The quantitative estimate of drug-likeness (QED) is 0.844. The smallest absolute Gasteiger partial charge is 0.251 e. The van der Waals surface area contributed by atoms with Crippen LogP contribution >= 0.6 is 0 Å². The third-order valence-electron chi connectivity index (χ3n) is 2.28. The third-order valence-corrected chi connectivity index (χ3v) is 2.28. The number of benzene rings is 1. The van der Waals surface area contributed by atoms with Crippen LogP contribution in [0.3, 0.4) is 0 Å². The van der Waals surface area contributed by atoms with Crippen molar-refractivity contribution in [1.29, 1.82) is 0 Å². The highest BCUT2D eigenvalue weighted by Gasteiger charge is 2.04. The van der Waals surface area contributed by atoms with Crippen molar-refractivity contribution in [3.63, 3.8) is 0 Å². The Hall–Kier alpha value is -2.24. The highest BCUT2D eigenvalue weighted by Crippen LogP contribution is 2.07. The Labute approximate surface area is 98.6 Å². The molecule has 0 saturated carbocycles. The van der Waals surface area contributed by atoms with Crippen LogP contribution in [0.2, 0.25) is 0 Å². The van der Waals surface area contributed by atoms with Gasteiger partial charge >= 0.3 is 0 Å². The minimum atomic E-state index is -0.0601. The van der Waals surface area contributed by atoms with Crippen molar-refractivity contribution in [2.45, 2.75) is 13.3 Å². The second-order valence-electron chi connectivity index (χ2n) is 3.56. The number of carbonyl (C=O) groups excluding carboxylic acids is 1. The Balaban J connectivity index is 2.10. The van der Waals surface area contributed by atoms with Gasteiger partial charge in [-0.2, -0.15) is 0 Å². The van der Waals surface area contributed by atoms with Crippen molar-refractivity contribution >= 4 is 5.91 Å². The molecule has 0 spiro atoms. The standard InChI is InChI=1S/C11H13N5O/c1-2-7-12-11(17)9-3-5-10(6-4-9)16-8-13-14-15-16/h3-6,8H,2,7H2,1H3,(H,12,17). The highest BCUT2D eigenvalue weighted by molar-refractivity contribution is 5.94. The third kappa shape index (κ3) is 2.66. The number of tetrazole rings is 1. The zero-order valence-corrected chi connectivity index (χ0v) is 9.50. The lowest BCUT2D eigenvalue weighted by Crippen LogP contribution is -2.23. The summed E-state index contributed by atoms with van der Waals surface area (Å²) in [5.74, 6) is -0.0601. The number of amides is 1. The van der Waals surface area contributed by atoms with E-state index in [1.165, 1.54) is 11.0 Å². The minimum absolute atomic E-state index is 0.0601. The molecule has 0 aliphatic carbocycles. The molecule has 0 unspecified atom stereocenters. The maximum absolute atomic E-state index is 11.6. The van der Waals surface area contributed by atoms with E-state index in [1.807, 2.05) is 6.92 Å². The second-order valence-corrected chi connectivity index (χ2v) is 3.56. The lowest BCUT2D eigenvalue weighted by Gasteiger charge is -2.04. The predicted molar refractivity (Wildman–Crippen MR) is 61.8 cm³/mol. The Morgan fingerprint density at radius 3 is 2.71 bits per heavy atom. The van der Waals surface area contributed by atoms with Crippen LogP contribution in [0.15, 0.2) is 30.6 Å². The molecule has 0 atom stereocenters. The van der Waals surface area contributed by atoms with Gasteiger partial charge in [-0.3, -0.25) is 4.79 Å². The largest absolute Gasteiger partial charge is 0.352 e. The molecule has 17 heavy (non-hydrogen) atoms. The molecule has 1 amide bonds. The van der Waals surface area contributed by atoms with Gasteiger partial charge in [-0.25, -0.2) is 4.68 Å². The molecule has 2 aromatic rings. The van der Waals surface area contributed by atoms with Crippen molar-refractivity contribution in [1.82, 2.24) is 25.5 Å². The molecule has 0 bridgehead atoms. The highest BCUT2D eigenvalue weighted by atomic mass is 16.1. The van der Waals surface area contributed by atoms with E-state index >= 15 is 0 Å². The van der Waals surface area contributed by atoms with Crippen molar-refractivity contribution in [2.24, 2.45) is 0 Å². The van der Waals surface area contributed by atoms with E-state index in [0.717, 1.165) is 12.1 Å².